The minimum Gasteiger partial charge on any atom is -0.341 e. The third-order valence-electron chi connectivity index (χ3n) is 4.15. The van der Waals surface area contributed by atoms with Gasteiger partial charge in [0.05, 0.1) is 0 Å². The lowest BCUT2D eigenvalue weighted by Crippen LogP contribution is -2.46. The summed E-state index contributed by atoms with van der Waals surface area (Å²) < 4.78 is 0. The first kappa shape index (κ1) is 12.9. The fourth-order valence-corrected chi connectivity index (χ4v) is 3.22. The van der Waals surface area contributed by atoms with Gasteiger partial charge in [-0.3, -0.25) is 4.79 Å². The molecule has 1 heterocycles. The zero-order valence-electron chi connectivity index (χ0n) is 10.9. The molecule has 1 saturated carbocycles. The van der Waals surface area contributed by atoms with Crippen LogP contribution in [-0.4, -0.2) is 29.9 Å². The molecule has 0 bridgehead atoms. The van der Waals surface area contributed by atoms with Gasteiger partial charge in [0.15, 0.2) is 0 Å². The van der Waals surface area contributed by atoms with Crippen molar-refractivity contribution in [3.8, 4) is 0 Å². The van der Waals surface area contributed by atoms with Crippen molar-refractivity contribution in [2.45, 2.75) is 31.2 Å². The molecule has 4 heteroatoms. The summed E-state index contributed by atoms with van der Waals surface area (Å²) in [5, 5.41) is 0.746. The largest absolute Gasteiger partial charge is 0.341 e. The van der Waals surface area contributed by atoms with Crippen LogP contribution in [0.1, 0.15) is 30.7 Å². The number of carbonyl (C=O) groups is 1. The number of piperidine rings is 1. The van der Waals surface area contributed by atoms with Gasteiger partial charge in [0.2, 0.25) is 5.91 Å². The summed E-state index contributed by atoms with van der Waals surface area (Å²) in [5.74, 6) is 0.772. The van der Waals surface area contributed by atoms with Crippen LogP contribution in [0.5, 0.6) is 0 Å². The Bertz CT molecular complexity index is 491. The van der Waals surface area contributed by atoms with E-state index in [2.05, 4.69) is 6.07 Å². The fraction of sp³-hybridized carbons (Fsp3) is 0.533. The van der Waals surface area contributed by atoms with Gasteiger partial charge >= 0.3 is 0 Å². The fourth-order valence-electron chi connectivity index (χ4n) is 3.02. The molecule has 3 rings (SSSR count). The van der Waals surface area contributed by atoms with Crippen LogP contribution in [0, 0.1) is 5.92 Å². The molecule has 3 nitrogen and oxygen atoms in total. The zero-order valence-corrected chi connectivity index (χ0v) is 11.6. The van der Waals surface area contributed by atoms with Crippen molar-refractivity contribution in [1.82, 2.24) is 4.90 Å². The van der Waals surface area contributed by atoms with E-state index in [4.69, 9.17) is 17.3 Å². The van der Waals surface area contributed by atoms with E-state index in [0.717, 1.165) is 37.4 Å². The molecule has 19 heavy (non-hydrogen) atoms. The summed E-state index contributed by atoms with van der Waals surface area (Å²) in [7, 11) is 0. The summed E-state index contributed by atoms with van der Waals surface area (Å²) in [6, 6.07) is 8.01. The molecule has 1 aromatic carbocycles. The normalized spacial score (nSPS) is 30.2. The number of hydrogen-bond acceptors (Lipinski definition) is 2. The standard InChI is InChI=1S/C15H19ClN2O/c16-11-4-1-3-10(7-11)13-8-14(13)15(19)18-6-2-5-12(17)9-18/h1,3-4,7,12-14H,2,5-6,8-9,17H2/t12-,13-,14+/m1/s1. The number of amides is 1. The average molecular weight is 279 g/mol. The molecule has 1 aromatic rings. The number of nitrogens with zero attached hydrogens (tertiary/aromatic N) is 1. The average Bonchev–Trinajstić information content (AvgIpc) is 3.18. The van der Waals surface area contributed by atoms with Gasteiger partial charge in [0.1, 0.15) is 0 Å². The quantitative estimate of drug-likeness (QED) is 0.903. The lowest BCUT2D eigenvalue weighted by molar-refractivity contribution is -0.133. The van der Waals surface area contributed by atoms with Crippen LogP contribution in [-0.2, 0) is 4.79 Å². The van der Waals surface area contributed by atoms with E-state index in [1.165, 1.54) is 5.56 Å². The first-order chi connectivity index (χ1) is 9.15. The third kappa shape index (κ3) is 2.77. The molecule has 102 valence electrons. The summed E-state index contributed by atoms with van der Waals surface area (Å²) in [6.07, 6.45) is 3.01. The molecule has 2 aliphatic rings. The van der Waals surface area contributed by atoms with Crippen molar-refractivity contribution in [2.75, 3.05) is 13.1 Å². The monoisotopic (exact) mass is 278 g/mol. The highest BCUT2D eigenvalue weighted by atomic mass is 35.5. The molecule has 1 aliphatic carbocycles. The van der Waals surface area contributed by atoms with Gasteiger partial charge in [-0.05, 0) is 42.9 Å². The van der Waals surface area contributed by atoms with Crippen molar-refractivity contribution in [3.05, 3.63) is 34.9 Å². The van der Waals surface area contributed by atoms with Crippen LogP contribution in [0.4, 0.5) is 0 Å². The van der Waals surface area contributed by atoms with Gasteiger partial charge in [-0.25, -0.2) is 0 Å². The number of hydrogen-bond donors (Lipinski definition) is 1. The van der Waals surface area contributed by atoms with Gasteiger partial charge in [-0.1, -0.05) is 23.7 Å². The van der Waals surface area contributed by atoms with Crippen LogP contribution in [0.25, 0.3) is 0 Å². The molecule has 2 N–H and O–H groups in total. The van der Waals surface area contributed by atoms with E-state index in [0.29, 0.717) is 5.92 Å². The minimum absolute atomic E-state index is 0.142. The number of rotatable bonds is 2. The topological polar surface area (TPSA) is 46.3 Å². The summed E-state index contributed by atoms with van der Waals surface area (Å²) in [5.41, 5.74) is 7.12. The van der Waals surface area contributed by atoms with Crippen LogP contribution < -0.4 is 5.73 Å². The Hall–Kier alpha value is -1.06. The number of likely N-dealkylation sites (tertiary alicyclic amines) is 1. The molecule has 0 spiro atoms. The SMILES string of the molecule is N[C@@H]1CCCN(C(=O)[C@H]2C[C@@H]2c2cccc(Cl)c2)C1. The second-order valence-electron chi connectivity index (χ2n) is 5.69. The van der Waals surface area contributed by atoms with E-state index >= 15 is 0 Å². The highest BCUT2D eigenvalue weighted by Gasteiger charge is 2.46. The highest BCUT2D eigenvalue weighted by molar-refractivity contribution is 6.30. The van der Waals surface area contributed by atoms with Gasteiger partial charge in [0, 0.05) is 30.1 Å². The Morgan fingerprint density at radius 1 is 1.42 bits per heavy atom. The molecule has 0 radical (unpaired) electrons. The Kier molecular flexibility index (Phi) is 3.50. The predicted octanol–water partition coefficient (Wildman–Crippen LogP) is 2.39. The maximum absolute atomic E-state index is 12.4. The van der Waals surface area contributed by atoms with Crippen molar-refractivity contribution in [3.63, 3.8) is 0 Å². The van der Waals surface area contributed by atoms with E-state index < -0.39 is 0 Å². The number of benzene rings is 1. The minimum atomic E-state index is 0.142. The molecular weight excluding hydrogens is 260 g/mol. The Labute approximate surface area is 118 Å². The molecule has 3 atom stereocenters. The molecule has 0 aromatic heterocycles. The first-order valence-corrected chi connectivity index (χ1v) is 7.33. The van der Waals surface area contributed by atoms with Crippen molar-refractivity contribution in [2.24, 2.45) is 11.7 Å². The second kappa shape index (κ2) is 5.14. The smallest absolute Gasteiger partial charge is 0.226 e. The molecular formula is C15H19ClN2O. The van der Waals surface area contributed by atoms with Crippen LogP contribution in [0.3, 0.4) is 0 Å². The maximum atomic E-state index is 12.4. The van der Waals surface area contributed by atoms with E-state index in [1.807, 2.05) is 23.1 Å². The van der Waals surface area contributed by atoms with Gasteiger partial charge < -0.3 is 10.6 Å². The number of nitrogens with two attached hydrogens (primary N) is 1. The van der Waals surface area contributed by atoms with Crippen molar-refractivity contribution >= 4 is 17.5 Å². The maximum Gasteiger partial charge on any atom is 0.226 e. The highest BCUT2D eigenvalue weighted by Crippen LogP contribution is 2.49. The lowest BCUT2D eigenvalue weighted by atomic mass is 10.0. The predicted molar refractivity (Wildman–Crippen MR) is 76.1 cm³/mol. The van der Waals surface area contributed by atoms with Gasteiger partial charge in [0.25, 0.3) is 0 Å². The van der Waals surface area contributed by atoms with E-state index in [-0.39, 0.29) is 17.9 Å². The summed E-state index contributed by atoms with van der Waals surface area (Å²) >= 11 is 6.00. The van der Waals surface area contributed by atoms with E-state index in [1.54, 1.807) is 0 Å². The Balaban J connectivity index is 1.64. The zero-order chi connectivity index (χ0) is 13.4. The number of halogens is 1. The van der Waals surface area contributed by atoms with E-state index in [9.17, 15) is 4.79 Å². The van der Waals surface area contributed by atoms with Crippen molar-refractivity contribution in [1.29, 1.82) is 0 Å². The van der Waals surface area contributed by atoms with Crippen LogP contribution in [0.15, 0.2) is 24.3 Å². The second-order valence-corrected chi connectivity index (χ2v) is 6.13. The van der Waals surface area contributed by atoms with Gasteiger partial charge in [-0.15, -0.1) is 0 Å². The Morgan fingerprint density at radius 3 is 3.00 bits per heavy atom. The molecule has 2 fully saturated rings. The Morgan fingerprint density at radius 2 is 2.26 bits per heavy atom. The molecule has 1 amide bonds. The number of carbonyl (C=O) groups excluding carboxylic acids is 1. The van der Waals surface area contributed by atoms with Crippen molar-refractivity contribution < 1.29 is 4.79 Å². The molecule has 1 aliphatic heterocycles. The molecule has 1 saturated heterocycles. The van der Waals surface area contributed by atoms with Gasteiger partial charge in [-0.2, -0.15) is 0 Å². The third-order valence-corrected chi connectivity index (χ3v) is 4.39. The lowest BCUT2D eigenvalue weighted by Gasteiger charge is -2.31. The summed E-state index contributed by atoms with van der Waals surface area (Å²) in [6.45, 7) is 1.59. The first-order valence-electron chi connectivity index (χ1n) is 6.95. The van der Waals surface area contributed by atoms with Crippen LogP contribution in [0.2, 0.25) is 5.02 Å². The summed E-state index contributed by atoms with van der Waals surface area (Å²) in [4.78, 5) is 14.4. The molecule has 0 unspecified atom stereocenters. The van der Waals surface area contributed by atoms with Crippen LogP contribution >= 0.6 is 11.6 Å².